The fraction of sp³-hybridized carbons (Fsp3) is 0. The summed E-state index contributed by atoms with van der Waals surface area (Å²) >= 11 is -1.94. The molecule has 1 unspecified atom stereocenters. The number of hydrogen-bond acceptors (Lipinski definition) is 1. The van der Waals surface area contributed by atoms with Crippen molar-refractivity contribution in [2.45, 2.75) is 0 Å². The zero-order chi connectivity index (χ0) is 7.28. The van der Waals surface area contributed by atoms with Crippen molar-refractivity contribution >= 4 is 11.1 Å². The molecule has 0 amide bonds. The average molecular weight is 144 g/mol. The summed E-state index contributed by atoms with van der Waals surface area (Å²) in [6, 6.07) is 0. The zero-order valence-electron chi connectivity index (χ0n) is 4.91. The van der Waals surface area contributed by atoms with E-state index in [2.05, 4.69) is 13.2 Å². The lowest BCUT2D eigenvalue weighted by atomic mass is 10.5. The summed E-state index contributed by atoms with van der Waals surface area (Å²) in [5, 5.41) is 0. The monoisotopic (exact) mass is 144 g/mol. The molecule has 3 heteroatoms. The highest BCUT2D eigenvalue weighted by Crippen LogP contribution is 1.95. The van der Waals surface area contributed by atoms with Gasteiger partial charge in [-0.3, -0.25) is 0 Å². The lowest BCUT2D eigenvalue weighted by molar-refractivity contribution is 0.572. The maximum Gasteiger partial charge on any atom is 0.185 e. The number of rotatable bonds is 3. The summed E-state index contributed by atoms with van der Waals surface area (Å²) in [7, 11) is 0. The van der Waals surface area contributed by atoms with Gasteiger partial charge in [0.25, 0.3) is 0 Å². The maximum absolute atomic E-state index is 10.1. The van der Waals surface area contributed by atoms with Crippen molar-refractivity contribution in [1.29, 1.82) is 0 Å². The second kappa shape index (κ2) is 4.23. The molecule has 9 heavy (non-hydrogen) atoms. The molecule has 0 aromatic carbocycles. The van der Waals surface area contributed by atoms with Crippen LogP contribution in [0, 0.1) is 0 Å². The van der Waals surface area contributed by atoms with Gasteiger partial charge in [0.05, 0.1) is 4.91 Å². The van der Waals surface area contributed by atoms with E-state index in [1.165, 1.54) is 12.2 Å². The van der Waals surface area contributed by atoms with Gasteiger partial charge in [0.15, 0.2) is 11.1 Å². The molecule has 0 rings (SSSR count). The SMILES string of the molecule is C=CC=CC(=C)S(=O)O. The topological polar surface area (TPSA) is 37.3 Å². The first-order chi connectivity index (χ1) is 4.18. The van der Waals surface area contributed by atoms with Crippen LogP contribution in [0.2, 0.25) is 0 Å². The second-order valence-corrected chi connectivity index (χ2v) is 2.33. The van der Waals surface area contributed by atoms with E-state index < -0.39 is 11.1 Å². The Hall–Kier alpha value is -0.670. The summed E-state index contributed by atoms with van der Waals surface area (Å²) in [6.07, 6.45) is 4.50. The summed E-state index contributed by atoms with van der Waals surface area (Å²) in [5.41, 5.74) is 0. The molecular weight excluding hydrogens is 136 g/mol. The van der Waals surface area contributed by atoms with Gasteiger partial charge in [0, 0.05) is 0 Å². The Labute approximate surface area is 56.9 Å². The largest absolute Gasteiger partial charge is 0.302 e. The standard InChI is InChI=1S/C6H8O2S/c1-3-4-5-6(2)9(7)8/h3-5H,1-2H2,(H,7,8). The fourth-order valence-electron chi connectivity index (χ4n) is 0.234. The molecule has 0 saturated heterocycles. The molecule has 0 saturated carbocycles. The van der Waals surface area contributed by atoms with E-state index in [1.807, 2.05) is 0 Å². The fourth-order valence-corrected chi connectivity index (χ4v) is 0.429. The molecule has 50 valence electrons. The van der Waals surface area contributed by atoms with Crippen molar-refractivity contribution in [1.82, 2.24) is 0 Å². The van der Waals surface area contributed by atoms with Gasteiger partial charge >= 0.3 is 0 Å². The van der Waals surface area contributed by atoms with Crippen LogP contribution in [0.25, 0.3) is 0 Å². The predicted molar refractivity (Wildman–Crippen MR) is 39.2 cm³/mol. The van der Waals surface area contributed by atoms with Gasteiger partial charge < -0.3 is 4.55 Å². The molecule has 2 nitrogen and oxygen atoms in total. The van der Waals surface area contributed by atoms with Crippen molar-refractivity contribution in [2.24, 2.45) is 0 Å². The van der Waals surface area contributed by atoms with Crippen molar-refractivity contribution in [3.05, 3.63) is 36.3 Å². The Balaban J connectivity index is 3.92. The third-order valence-electron chi connectivity index (χ3n) is 0.642. The molecule has 1 atom stereocenters. The Kier molecular flexibility index (Phi) is 3.92. The molecule has 0 aliphatic carbocycles. The van der Waals surface area contributed by atoms with Gasteiger partial charge in [0.2, 0.25) is 0 Å². The van der Waals surface area contributed by atoms with E-state index in [0.717, 1.165) is 0 Å². The third-order valence-corrected chi connectivity index (χ3v) is 1.23. The quantitative estimate of drug-likeness (QED) is 0.481. The first kappa shape index (κ1) is 8.33. The maximum atomic E-state index is 10.1. The Morgan fingerprint density at radius 1 is 1.67 bits per heavy atom. The van der Waals surface area contributed by atoms with E-state index >= 15 is 0 Å². The molecule has 0 fully saturated rings. The predicted octanol–water partition coefficient (Wildman–Crippen LogP) is 1.46. The molecule has 0 spiro atoms. The summed E-state index contributed by atoms with van der Waals surface area (Å²) < 4.78 is 18.5. The lowest BCUT2D eigenvalue weighted by Gasteiger charge is -1.86. The molecule has 0 aromatic heterocycles. The van der Waals surface area contributed by atoms with Crippen molar-refractivity contribution in [3.8, 4) is 0 Å². The molecule has 0 aliphatic heterocycles. The van der Waals surface area contributed by atoms with Gasteiger partial charge in [-0.25, -0.2) is 4.21 Å². The number of hydrogen-bond donors (Lipinski definition) is 1. The molecule has 0 heterocycles. The van der Waals surface area contributed by atoms with Crippen LogP contribution in [-0.2, 0) is 11.1 Å². The summed E-state index contributed by atoms with van der Waals surface area (Å²) in [4.78, 5) is 0.176. The van der Waals surface area contributed by atoms with Gasteiger partial charge in [-0.05, 0) is 6.08 Å². The van der Waals surface area contributed by atoms with Gasteiger partial charge in [0.1, 0.15) is 0 Å². The normalized spacial score (nSPS) is 13.4. The van der Waals surface area contributed by atoms with Crippen LogP contribution in [0.15, 0.2) is 36.3 Å². The van der Waals surface area contributed by atoms with Crippen LogP contribution in [0.4, 0.5) is 0 Å². The first-order valence-electron chi connectivity index (χ1n) is 2.27. The molecule has 0 bridgehead atoms. The lowest BCUT2D eigenvalue weighted by Crippen LogP contribution is -1.85. The van der Waals surface area contributed by atoms with Gasteiger partial charge in [-0.1, -0.05) is 25.3 Å². The van der Waals surface area contributed by atoms with Crippen LogP contribution in [0.3, 0.4) is 0 Å². The van der Waals surface area contributed by atoms with Crippen molar-refractivity contribution in [2.75, 3.05) is 0 Å². The van der Waals surface area contributed by atoms with E-state index in [1.54, 1.807) is 6.08 Å². The van der Waals surface area contributed by atoms with E-state index in [0.29, 0.717) is 0 Å². The molecule has 0 aromatic rings. The molecule has 0 radical (unpaired) electrons. The van der Waals surface area contributed by atoms with E-state index in [-0.39, 0.29) is 4.91 Å². The Morgan fingerprint density at radius 3 is 2.56 bits per heavy atom. The molecular formula is C6H8O2S. The van der Waals surface area contributed by atoms with Crippen molar-refractivity contribution in [3.63, 3.8) is 0 Å². The first-order valence-corrected chi connectivity index (χ1v) is 3.38. The zero-order valence-corrected chi connectivity index (χ0v) is 5.73. The number of allylic oxidation sites excluding steroid dienone is 3. The minimum absolute atomic E-state index is 0.176. The minimum Gasteiger partial charge on any atom is -0.302 e. The molecule has 0 aliphatic rings. The smallest absolute Gasteiger partial charge is 0.185 e. The van der Waals surface area contributed by atoms with E-state index in [9.17, 15) is 4.21 Å². The van der Waals surface area contributed by atoms with E-state index in [4.69, 9.17) is 4.55 Å². The van der Waals surface area contributed by atoms with Crippen LogP contribution >= 0.6 is 0 Å². The Morgan fingerprint density at radius 2 is 2.22 bits per heavy atom. The highest BCUT2D eigenvalue weighted by molar-refractivity contribution is 7.83. The van der Waals surface area contributed by atoms with Crippen LogP contribution in [0.5, 0.6) is 0 Å². The van der Waals surface area contributed by atoms with Crippen LogP contribution in [0.1, 0.15) is 0 Å². The van der Waals surface area contributed by atoms with Gasteiger partial charge in [-0.2, -0.15) is 0 Å². The summed E-state index contributed by atoms with van der Waals surface area (Å²) in [5.74, 6) is 0. The summed E-state index contributed by atoms with van der Waals surface area (Å²) in [6.45, 7) is 6.69. The van der Waals surface area contributed by atoms with Gasteiger partial charge in [-0.15, -0.1) is 0 Å². The van der Waals surface area contributed by atoms with Crippen molar-refractivity contribution < 1.29 is 8.76 Å². The third kappa shape index (κ3) is 3.88. The molecule has 1 N–H and O–H groups in total. The van der Waals surface area contributed by atoms with Crippen LogP contribution < -0.4 is 0 Å². The van der Waals surface area contributed by atoms with Crippen LogP contribution in [-0.4, -0.2) is 8.76 Å². The highest BCUT2D eigenvalue weighted by Gasteiger charge is 1.91. The average Bonchev–Trinajstić information content (AvgIpc) is 1.82. The second-order valence-electron chi connectivity index (χ2n) is 1.31. The highest BCUT2D eigenvalue weighted by atomic mass is 32.2. The minimum atomic E-state index is -1.94. The Bertz CT molecular complexity index is 170.